The molecule has 0 spiro atoms. The molecule has 5 fully saturated rings. The lowest BCUT2D eigenvalue weighted by Crippen LogP contribution is -2.62. The number of hydrogen-bond donors (Lipinski definition) is 3. The highest BCUT2D eigenvalue weighted by atomic mass is 35.5. The van der Waals surface area contributed by atoms with Gasteiger partial charge in [-0.25, -0.2) is 4.39 Å². The molecule has 5 unspecified atom stereocenters. The van der Waals surface area contributed by atoms with Gasteiger partial charge < -0.3 is 15.4 Å². The molecule has 5 rings (SSSR count). The minimum atomic E-state index is -4.67. The number of halogens is 5. The maximum Gasteiger partial charge on any atom is 0.522 e. The third-order valence-corrected chi connectivity index (χ3v) is 8.69. The summed E-state index contributed by atoms with van der Waals surface area (Å²) in [5.74, 6) is -0.307. The summed E-state index contributed by atoms with van der Waals surface area (Å²) < 4.78 is 60.6. The van der Waals surface area contributed by atoms with Crippen molar-refractivity contribution >= 4 is 23.4 Å². The average Bonchev–Trinajstić information content (AvgIpc) is 2.81. The van der Waals surface area contributed by atoms with Gasteiger partial charge in [-0.05, 0) is 64.2 Å². The first-order chi connectivity index (χ1) is 16.5. The molecule has 0 aromatic heterocycles. The Morgan fingerprint density at radius 2 is 1.66 bits per heavy atom. The van der Waals surface area contributed by atoms with Crippen molar-refractivity contribution in [3.8, 4) is 0 Å². The molecule has 2 bridgehead atoms. The number of hydrogen-bond acceptors (Lipinski definition) is 5. The van der Waals surface area contributed by atoms with Gasteiger partial charge >= 0.3 is 6.36 Å². The van der Waals surface area contributed by atoms with E-state index in [4.69, 9.17) is 16.3 Å². The Morgan fingerprint density at radius 3 is 2.23 bits per heavy atom. The van der Waals surface area contributed by atoms with Crippen molar-refractivity contribution in [2.24, 2.45) is 5.41 Å². The van der Waals surface area contributed by atoms with Crippen LogP contribution in [0.25, 0.3) is 0 Å². The zero-order chi connectivity index (χ0) is 25.3. The molecule has 12 heteroatoms. The number of carbonyl (C=O) groups is 2. The molecule has 200 valence electrons. The summed E-state index contributed by atoms with van der Waals surface area (Å²) in [5.41, 5.74) is -0.871. The van der Waals surface area contributed by atoms with Crippen LogP contribution >= 0.6 is 11.6 Å². The Balaban J connectivity index is 1.19. The molecule has 1 heterocycles. The highest BCUT2D eigenvalue weighted by Crippen LogP contribution is 2.52. The van der Waals surface area contributed by atoms with Gasteiger partial charge in [-0.3, -0.25) is 19.6 Å². The summed E-state index contributed by atoms with van der Waals surface area (Å²) >= 11 is 5.90. The first-order valence-electron chi connectivity index (χ1n) is 12.5. The highest BCUT2D eigenvalue weighted by Gasteiger charge is 2.53. The molecule has 2 amide bonds. The fraction of sp³-hybridized carbons (Fsp3) is 0.913. The first kappa shape index (κ1) is 26.9. The topological polar surface area (TPSA) is 88.7 Å². The molecule has 35 heavy (non-hydrogen) atoms. The SMILES string of the molecule is O=C(COC1CCC(Cl)C(F)C1)NC12CCC(C(=O)NC3CCC(OC(F)(F)F)CN3)(CC1)CC2. The summed E-state index contributed by atoms with van der Waals surface area (Å²) in [6, 6.07) is 0. The quantitative estimate of drug-likeness (QED) is 0.349. The van der Waals surface area contributed by atoms with E-state index in [-0.39, 0.29) is 55.6 Å². The van der Waals surface area contributed by atoms with Gasteiger partial charge in [0.25, 0.3) is 0 Å². The standard InChI is InChI=1S/C23H34ClF4N3O4/c24-16-3-1-14(11-17(16)25)34-13-19(32)31-22-8-5-21(6-9-22,7-10-22)20(33)30-18-4-2-15(12-29-18)35-23(26,27)28/h14-18,29H,1-13H2,(H,30,33)(H,31,32). The van der Waals surface area contributed by atoms with Crippen molar-refractivity contribution in [1.29, 1.82) is 0 Å². The number of nitrogens with one attached hydrogen (secondary N) is 3. The van der Waals surface area contributed by atoms with Crippen LogP contribution in [0.5, 0.6) is 0 Å². The predicted octanol–water partition coefficient (Wildman–Crippen LogP) is 3.44. The highest BCUT2D eigenvalue weighted by molar-refractivity contribution is 6.21. The molecular formula is C23H34ClF4N3O4. The number of rotatable bonds is 7. The fourth-order valence-electron chi connectivity index (χ4n) is 5.99. The van der Waals surface area contributed by atoms with Crippen LogP contribution in [0.4, 0.5) is 17.6 Å². The maximum atomic E-state index is 13.8. The summed E-state index contributed by atoms with van der Waals surface area (Å²) in [7, 11) is 0. The molecule has 5 aliphatic rings. The van der Waals surface area contributed by atoms with E-state index in [9.17, 15) is 27.2 Å². The Kier molecular flexibility index (Phi) is 8.20. The van der Waals surface area contributed by atoms with Gasteiger partial charge in [-0.15, -0.1) is 24.8 Å². The van der Waals surface area contributed by atoms with Crippen LogP contribution in [0, 0.1) is 5.41 Å². The Morgan fingerprint density at radius 1 is 1.00 bits per heavy atom. The van der Waals surface area contributed by atoms with E-state index in [1.807, 2.05) is 0 Å². The third kappa shape index (κ3) is 6.78. The number of carbonyl (C=O) groups excluding carboxylic acids is 2. The molecule has 1 saturated heterocycles. The summed E-state index contributed by atoms with van der Waals surface area (Å²) in [6.07, 6.45) is -1.55. The van der Waals surface area contributed by atoms with Crippen LogP contribution in [0.1, 0.15) is 70.6 Å². The lowest BCUT2D eigenvalue weighted by molar-refractivity contribution is -0.344. The van der Waals surface area contributed by atoms with Crippen molar-refractivity contribution in [2.45, 2.75) is 112 Å². The van der Waals surface area contributed by atoms with Crippen molar-refractivity contribution in [3.05, 3.63) is 0 Å². The lowest BCUT2D eigenvalue weighted by Gasteiger charge is -2.53. The number of alkyl halides is 5. The summed E-state index contributed by atoms with van der Waals surface area (Å²) in [5, 5.41) is 8.53. The van der Waals surface area contributed by atoms with Crippen LogP contribution in [0.3, 0.4) is 0 Å². The van der Waals surface area contributed by atoms with Gasteiger partial charge in [0, 0.05) is 23.9 Å². The van der Waals surface area contributed by atoms with Gasteiger partial charge in [-0.1, -0.05) is 0 Å². The molecule has 7 nitrogen and oxygen atoms in total. The number of fused-ring (bicyclic) bond motifs is 3. The maximum absolute atomic E-state index is 13.8. The van der Waals surface area contributed by atoms with Crippen LogP contribution in [0.15, 0.2) is 0 Å². The molecule has 0 aromatic carbocycles. The van der Waals surface area contributed by atoms with Gasteiger partial charge in [0.2, 0.25) is 11.8 Å². The number of amides is 2. The second-order valence-electron chi connectivity index (χ2n) is 10.6. The summed E-state index contributed by atoms with van der Waals surface area (Å²) in [6.45, 7) is -0.0991. The molecular weight excluding hydrogens is 494 g/mol. The Bertz CT molecular complexity index is 754. The Hall–Kier alpha value is -1.17. The number of ether oxygens (including phenoxy) is 2. The van der Waals surface area contributed by atoms with Gasteiger partial charge in [0.05, 0.1) is 23.8 Å². The van der Waals surface area contributed by atoms with Crippen molar-refractivity contribution in [2.75, 3.05) is 13.2 Å². The van der Waals surface area contributed by atoms with Crippen LogP contribution in [-0.4, -0.2) is 66.8 Å². The van der Waals surface area contributed by atoms with Gasteiger partial charge in [0.1, 0.15) is 12.8 Å². The van der Waals surface area contributed by atoms with Crippen LogP contribution in [0.2, 0.25) is 0 Å². The molecule has 4 saturated carbocycles. The third-order valence-electron chi connectivity index (χ3n) is 8.20. The average molecular weight is 528 g/mol. The van der Waals surface area contributed by atoms with E-state index in [2.05, 4.69) is 20.7 Å². The van der Waals surface area contributed by atoms with E-state index in [0.29, 0.717) is 57.8 Å². The minimum absolute atomic E-state index is 0.0218. The summed E-state index contributed by atoms with van der Waals surface area (Å²) in [4.78, 5) is 25.6. The zero-order valence-electron chi connectivity index (χ0n) is 19.6. The van der Waals surface area contributed by atoms with Crippen molar-refractivity contribution in [1.82, 2.24) is 16.0 Å². The molecule has 0 aromatic rings. The lowest BCUT2D eigenvalue weighted by atomic mass is 9.57. The van der Waals surface area contributed by atoms with Crippen molar-refractivity contribution in [3.63, 3.8) is 0 Å². The van der Waals surface area contributed by atoms with Gasteiger partial charge in [0.15, 0.2) is 0 Å². The van der Waals surface area contributed by atoms with E-state index in [1.165, 1.54) is 0 Å². The second-order valence-corrected chi connectivity index (χ2v) is 11.1. The fourth-order valence-corrected chi connectivity index (χ4v) is 6.22. The van der Waals surface area contributed by atoms with Crippen LogP contribution < -0.4 is 16.0 Å². The van der Waals surface area contributed by atoms with Crippen LogP contribution in [-0.2, 0) is 19.1 Å². The molecule has 3 N–H and O–H groups in total. The normalized spacial score (nSPS) is 39.7. The first-order valence-corrected chi connectivity index (χ1v) is 12.9. The van der Waals surface area contributed by atoms with E-state index in [1.54, 1.807) is 0 Å². The molecule has 0 radical (unpaired) electrons. The van der Waals surface area contributed by atoms with E-state index >= 15 is 0 Å². The zero-order valence-corrected chi connectivity index (χ0v) is 20.4. The largest absolute Gasteiger partial charge is 0.522 e. The van der Waals surface area contributed by atoms with Gasteiger partial charge in [-0.2, -0.15) is 0 Å². The van der Waals surface area contributed by atoms with E-state index in [0.717, 1.165) is 0 Å². The second kappa shape index (κ2) is 10.7. The molecule has 5 atom stereocenters. The van der Waals surface area contributed by atoms with Crippen molar-refractivity contribution < 1.29 is 36.6 Å². The Labute approximate surface area is 207 Å². The monoisotopic (exact) mass is 527 g/mol. The van der Waals surface area contributed by atoms with E-state index < -0.39 is 29.4 Å². The predicted molar refractivity (Wildman–Crippen MR) is 119 cm³/mol. The minimum Gasteiger partial charge on any atom is -0.368 e. The molecule has 1 aliphatic heterocycles. The molecule has 4 aliphatic carbocycles. The smallest absolute Gasteiger partial charge is 0.368 e. The number of piperidine rings is 1.